The van der Waals surface area contributed by atoms with Gasteiger partial charge >= 0.3 is 0 Å². The Morgan fingerprint density at radius 2 is 1.93 bits per heavy atom. The molecule has 1 amide bonds. The zero-order valence-electron chi connectivity index (χ0n) is 14.8. The first-order chi connectivity index (χ1) is 12.9. The molecule has 0 fully saturated rings. The average molecular weight is 388 g/mol. The van der Waals surface area contributed by atoms with E-state index in [-0.39, 0.29) is 4.90 Å². The molecular weight excluding hydrogens is 368 g/mol. The van der Waals surface area contributed by atoms with Crippen molar-refractivity contribution in [3.05, 3.63) is 65.2 Å². The van der Waals surface area contributed by atoms with Crippen LogP contribution in [-0.4, -0.2) is 37.5 Å². The van der Waals surface area contributed by atoms with Crippen molar-refractivity contribution in [3.63, 3.8) is 0 Å². The molecule has 3 rings (SSSR count). The Bertz CT molecular complexity index is 968. The normalized spacial score (nSPS) is 14.7. The fraction of sp³-hybridized carbons (Fsp3) is 0.211. The lowest BCUT2D eigenvalue weighted by Crippen LogP contribution is -2.35. The molecule has 0 aliphatic carbocycles. The number of hydroxylamine groups is 1. The van der Waals surface area contributed by atoms with Crippen molar-refractivity contribution in [2.24, 2.45) is 0 Å². The lowest BCUT2D eigenvalue weighted by Gasteiger charge is -2.28. The minimum absolute atomic E-state index is 0.237. The molecular formula is C19H20N2O5S. The van der Waals surface area contributed by atoms with Crippen molar-refractivity contribution in [2.75, 3.05) is 13.7 Å². The molecule has 2 aromatic rings. The molecule has 8 heteroatoms. The van der Waals surface area contributed by atoms with Crippen molar-refractivity contribution in [1.82, 2.24) is 9.79 Å². The van der Waals surface area contributed by atoms with Gasteiger partial charge in [-0.1, -0.05) is 18.2 Å². The number of nitrogens with one attached hydrogen (secondary N) is 1. The summed E-state index contributed by atoms with van der Waals surface area (Å²) in [5.41, 5.74) is 4.32. The molecule has 0 atom stereocenters. The number of carbonyl (C=O) groups excluding carboxylic acids is 1. The summed E-state index contributed by atoms with van der Waals surface area (Å²) in [5.74, 6) is -0.00196. The van der Waals surface area contributed by atoms with E-state index in [9.17, 15) is 13.2 Å². The molecule has 0 saturated heterocycles. The fourth-order valence-electron chi connectivity index (χ4n) is 2.96. The Hall–Kier alpha value is -2.68. The molecule has 1 aliphatic rings. The summed E-state index contributed by atoms with van der Waals surface area (Å²) in [6.07, 6.45) is 3.40. The van der Waals surface area contributed by atoms with Crippen LogP contribution >= 0.6 is 0 Å². The zero-order valence-corrected chi connectivity index (χ0v) is 15.6. The van der Waals surface area contributed by atoms with Crippen LogP contribution in [0, 0.1) is 0 Å². The molecule has 0 aromatic heterocycles. The number of fused-ring (bicyclic) bond motifs is 1. The maximum absolute atomic E-state index is 12.9. The first-order valence-corrected chi connectivity index (χ1v) is 9.76. The van der Waals surface area contributed by atoms with Gasteiger partial charge in [-0.2, -0.15) is 4.31 Å². The number of ether oxygens (including phenoxy) is 1. The van der Waals surface area contributed by atoms with Gasteiger partial charge < -0.3 is 4.74 Å². The van der Waals surface area contributed by atoms with Crippen molar-refractivity contribution < 1.29 is 23.2 Å². The lowest BCUT2D eigenvalue weighted by atomic mass is 9.98. The van der Waals surface area contributed by atoms with Crippen LogP contribution in [0.3, 0.4) is 0 Å². The van der Waals surface area contributed by atoms with Crippen LogP contribution in [0.5, 0.6) is 5.75 Å². The molecule has 1 aliphatic heterocycles. The highest BCUT2D eigenvalue weighted by molar-refractivity contribution is 7.89. The first-order valence-electron chi connectivity index (χ1n) is 8.32. The van der Waals surface area contributed by atoms with Crippen LogP contribution in [0.15, 0.2) is 53.4 Å². The number of carbonyl (C=O) groups is 1. The standard InChI is InChI=1S/C19H20N2O5S/c1-26-17-5-7-18(8-6-17)27(24,25)21-11-10-15-12-14(2-4-16(15)13-21)3-9-19(22)20-23/h2-9,12,23H,10-11,13H2,1H3,(H,20,22). The SMILES string of the molecule is COc1ccc(S(=O)(=O)N2CCc3cc(C=CC(=O)NO)ccc3C2)cc1. The zero-order chi connectivity index (χ0) is 19.4. The molecule has 7 nitrogen and oxygen atoms in total. The third-order valence-corrected chi connectivity index (χ3v) is 6.30. The molecule has 27 heavy (non-hydrogen) atoms. The van der Waals surface area contributed by atoms with Gasteiger partial charge in [0.05, 0.1) is 12.0 Å². The maximum atomic E-state index is 12.9. The number of hydrogen-bond acceptors (Lipinski definition) is 5. The summed E-state index contributed by atoms with van der Waals surface area (Å²) in [6, 6.07) is 11.9. The van der Waals surface area contributed by atoms with Crippen LogP contribution < -0.4 is 10.2 Å². The van der Waals surface area contributed by atoms with Gasteiger partial charge in [0.2, 0.25) is 10.0 Å². The van der Waals surface area contributed by atoms with Gasteiger partial charge in [-0.05, 0) is 53.5 Å². The monoisotopic (exact) mass is 388 g/mol. The van der Waals surface area contributed by atoms with E-state index in [1.54, 1.807) is 30.3 Å². The minimum atomic E-state index is -3.58. The van der Waals surface area contributed by atoms with Gasteiger partial charge in [0.15, 0.2) is 0 Å². The van der Waals surface area contributed by atoms with Gasteiger partial charge in [0.25, 0.3) is 5.91 Å². The lowest BCUT2D eigenvalue weighted by molar-refractivity contribution is -0.124. The topological polar surface area (TPSA) is 95.9 Å². The van der Waals surface area contributed by atoms with E-state index in [1.165, 1.54) is 23.0 Å². The van der Waals surface area contributed by atoms with Crippen molar-refractivity contribution in [3.8, 4) is 5.75 Å². The summed E-state index contributed by atoms with van der Waals surface area (Å²) in [4.78, 5) is 11.3. The molecule has 2 aromatic carbocycles. The largest absolute Gasteiger partial charge is 0.497 e. The number of rotatable bonds is 5. The molecule has 0 spiro atoms. The second kappa shape index (κ2) is 7.91. The number of methoxy groups -OCH3 is 1. The molecule has 2 N–H and O–H groups in total. The predicted octanol–water partition coefficient (Wildman–Crippen LogP) is 1.96. The molecule has 0 unspecified atom stereocenters. The summed E-state index contributed by atoms with van der Waals surface area (Å²) in [6.45, 7) is 0.677. The highest BCUT2D eigenvalue weighted by Gasteiger charge is 2.28. The van der Waals surface area contributed by atoms with Crippen LogP contribution in [0.4, 0.5) is 0 Å². The molecule has 0 bridgehead atoms. The Morgan fingerprint density at radius 3 is 2.59 bits per heavy atom. The third-order valence-electron chi connectivity index (χ3n) is 4.44. The van der Waals surface area contributed by atoms with E-state index in [4.69, 9.17) is 9.94 Å². The molecule has 1 heterocycles. The summed E-state index contributed by atoms with van der Waals surface area (Å²) >= 11 is 0. The fourth-order valence-corrected chi connectivity index (χ4v) is 4.38. The first kappa shape index (κ1) is 19.1. The number of hydrogen-bond donors (Lipinski definition) is 2. The molecule has 0 radical (unpaired) electrons. The quantitative estimate of drug-likeness (QED) is 0.464. The molecule has 142 valence electrons. The molecule has 0 saturated carbocycles. The van der Waals surface area contributed by atoms with E-state index >= 15 is 0 Å². The smallest absolute Gasteiger partial charge is 0.267 e. The number of nitrogens with zero attached hydrogens (tertiary/aromatic N) is 1. The van der Waals surface area contributed by atoms with Gasteiger partial charge in [0.1, 0.15) is 5.75 Å². The Morgan fingerprint density at radius 1 is 1.19 bits per heavy atom. The number of benzene rings is 2. The predicted molar refractivity (Wildman–Crippen MR) is 99.7 cm³/mol. The Balaban J connectivity index is 1.79. The van der Waals surface area contributed by atoms with Gasteiger partial charge in [-0.3, -0.25) is 10.0 Å². The Kier molecular flexibility index (Phi) is 5.59. The third kappa shape index (κ3) is 4.19. The van der Waals surface area contributed by atoms with Crippen molar-refractivity contribution in [1.29, 1.82) is 0 Å². The van der Waals surface area contributed by atoms with E-state index in [1.807, 2.05) is 18.2 Å². The Labute approximate surface area is 157 Å². The van der Waals surface area contributed by atoms with Crippen molar-refractivity contribution >= 4 is 22.0 Å². The second-order valence-corrected chi connectivity index (χ2v) is 8.04. The van der Waals surface area contributed by atoms with E-state index in [0.717, 1.165) is 16.7 Å². The van der Waals surface area contributed by atoms with Gasteiger partial charge in [-0.25, -0.2) is 13.9 Å². The van der Waals surface area contributed by atoms with Crippen LogP contribution in [0.2, 0.25) is 0 Å². The highest BCUT2D eigenvalue weighted by atomic mass is 32.2. The van der Waals surface area contributed by atoms with Crippen LogP contribution in [0.1, 0.15) is 16.7 Å². The van der Waals surface area contributed by atoms with E-state index in [0.29, 0.717) is 25.3 Å². The number of amides is 1. The maximum Gasteiger partial charge on any atom is 0.267 e. The average Bonchev–Trinajstić information content (AvgIpc) is 2.71. The van der Waals surface area contributed by atoms with Crippen LogP contribution in [0.25, 0.3) is 6.08 Å². The van der Waals surface area contributed by atoms with E-state index < -0.39 is 15.9 Å². The second-order valence-electron chi connectivity index (χ2n) is 6.10. The van der Waals surface area contributed by atoms with Gasteiger partial charge in [-0.15, -0.1) is 0 Å². The summed E-state index contributed by atoms with van der Waals surface area (Å²) in [7, 11) is -2.05. The number of sulfonamides is 1. The minimum Gasteiger partial charge on any atom is -0.497 e. The van der Waals surface area contributed by atoms with E-state index in [2.05, 4.69) is 0 Å². The summed E-state index contributed by atoms with van der Waals surface area (Å²) < 4.78 is 32.3. The van der Waals surface area contributed by atoms with Crippen molar-refractivity contribution in [2.45, 2.75) is 17.9 Å². The highest BCUT2D eigenvalue weighted by Crippen LogP contribution is 2.27. The summed E-state index contributed by atoms with van der Waals surface area (Å²) in [5, 5.41) is 8.51. The van der Waals surface area contributed by atoms with Crippen LogP contribution in [-0.2, 0) is 27.8 Å². The van der Waals surface area contributed by atoms with Gasteiger partial charge in [0, 0.05) is 19.2 Å².